The molecule has 0 aliphatic rings. The van der Waals surface area contributed by atoms with Crippen LogP contribution in [0.15, 0.2) is 128 Å². The van der Waals surface area contributed by atoms with Gasteiger partial charge < -0.3 is 14.2 Å². The van der Waals surface area contributed by atoms with E-state index >= 15 is 0 Å². The van der Waals surface area contributed by atoms with Crippen LogP contribution in [0.25, 0.3) is 0 Å². The van der Waals surface area contributed by atoms with Crippen LogP contribution in [-0.2, 0) is 57.8 Å². The number of aromatic nitrogens is 3. The molecule has 0 atom stereocenters. The first-order chi connectivity index (χ1) is 36.9. The monoisotopic (exact) mass is 1020 g/mol. The van der Waals surface area contributed by atoms with Crippen molar-refractivity contribution < 1.29 is 14.2 Å². The van der Waals surface area contributed by atoms with Crippen LogP contribution in [0.1, 0.15) is 208 Å². The van der Waals surface area contributed by atoms with Crippen LogP contribution in [-0.4, -0.2) is 34.8 Å². The Bertz CT molecular complexity index is 2240. The smallest absolute Gasteiger partial charge is 0.119 e. The zero-order valence-electron chi connectivity index (χ0n) is 47.9. The molecule has 0 N–H and O–H groups in total. The second kappa shape index (κ2) is 40.8. The fraction of sp³-hybridized carbons (Fsp3) is 0.522. The van der Waals surface area contributed by atoms with Gasteiger partial charge in [-0.3, -0.25) is 15.0 Å². The molecular weight excluding hydrogens is 919 g/mol. The fourth-order valence-corrected chi connectivity index (χ4v) is 8.83. The quantitative estimate of drug-likeness (QED) is 0.0365. The van der Waals surface area contributed by atoms with E-state index in [4.69, 9.17) is 14.2 Å². The Labute approximate surface area is 457 Å². The number of pyridine rings is 3. The number of nitrogens with zero attached hydrogens (tertiary/aromatic N) is 3. The zero-order valence-corrected chi connectivity index (χ0v) is 47.9. The summed E-state index contributed by atoms with van der Waals surface area (Å²) >= 11 is 0. The topological polar surface area (TPSA) is 66.4 Å². The van der Waals surface area contributed by atoms with Crippen molar-refractivity contribution >= 4 is 0 Å². The van der Waals surface area contributed by atoms with Gasteiger partial charge in [0.25, 0.3) is 0 Å². The Morgan fingerprint density at radius 1 is 0.240 bits per heavy atom. The lowest BCUT2D eigenvalue weighted by molar-refractivity contribution is 0.304. The van der Waals surface area contributed by atoms with Gasteiger partial charge in [0, 0.05) is 35.7 Å². The third kappa shape index (κ3) is 28.8. The van der Waals surface area contributed by atoms with Crippen molar-refractivity contribution in [1.29, 1.82) is 0 Å². The van der Waals surface area contributed by atoms with Crippen molar-refractivity contribution in [2.75, 3.05) is 19.8 Å². The molecule has 408 valence electrons. The number of ether oxygens (including phenoxy) is 3. The van der Waals surface area contributed by atoms with E-state index in [1.807, 2.05) is 18.6 Å². The summed E-state index contributed by atoms with van der Waals surface area (Å²) < 4.78 is 17.5. The van der Waals surface area contributed by atoms with E-state index in [-0.39, 0.29) is 0 Å². The summed E-state index contributed by atoms with van der Waals surface area (Å²) in [6, 6.07) is 38.9. The molecule has 6 aromatic rings. The number of unbranched alkanes of at least 4 members (excludes halogenated alkanes) is 12. The van der Waals surface area contributed by atoms with Gasteiger partial charge in [-0.25, -0.2) is 0 Å². The molecule has 0 radical (unpaired) electrons. The lowest BCUT2D eigenvalue weighted by Crippen LogP contribution is -1.98. The SMILES string of the molecule is CCCCCCCCOc1ccc(CCc2ccc(CCC)nc2)cc1.CCCCCCCOc1ccc(CCc2ccc(CCC)nc2)cc1.CCCCCCOc1ccc(CCc2ccc(CCC)nc2)cc1. The van der Waals surface area contributed by atoms with Crippen molar-refractivity contribution in [3.8, 4) is 17.2 Å². The zero-order chi connectivity index (χ0) is 53.2. The standard InChI is InChI=1S/C24H35NO.C23H33NO.C22H31NO/c1-3-5-6-7-8-9-19-26-24-17-14-21(15-18-24)11-12-22-13-16-23(10-4-2)25-20-22;1-3-5-6-7-8-18-25-23-16-13-20(14-17-23)10-11-21-12-15-22(9-4-2)24-19-21;1-3-5-6-7-17-24-22-15-12-19(13-16-22)9-10-20-11-14-21(8-4-2)23-18-20/h13-18,20H,3-12,19H2,1-2H3;12-17,19H,3-11,18H2,1-2H3;11-16,18H,3-10,17H2,1-2H3. The molecule has 75 heavy (non-hydrogen) atoms. The molecular formula is C69H99N3O3. The largest absolute Gasteiger partial charge is 0.494 e. The van der Waals surface area contributed by atoms with E-state index in [1.165, 1.54) is 128 Å². The van der Waals surface area contributed by atoms with E-state index in [2.05, 4.69) is 166 Å². The highest BCUT2D eigenvalue weighted by Gasteiger charge is 2.04. The first-order valence-electron chi connectivity index (χ1n) is 29.9. The normalized spacial score (nSPS) is 10.8. The Balaban J connectivity index is 0.000000244. The number of benzene rings is 3. The molecule has 0 saturated heterocycles. The highest BCUT2D eigenvalue weighted by molar-refractivity contribution is 5.30. The Kier molecular flexibility index (Phi) is 33.7. The van der Waals surface area contributed by atoms with Crippen molar-refractivity contribution in [2.24, 2.45) is 0 Å². The minimum Gasteiger partial charge on any atom is -0.494 e. The van der Waals surface area contributed by atoms with Crippen LogP contribution < -0.4 is 14.2 Å². The van der Waals surface area contributed by atoms with Crippen molar-refractivity contribution in [2.45, 2.75) is 215 Å². The third-order valence-corrected chi connectivity index (χ3v) is 13.6. The molecule has 0 unspecified atom stereocenters. The van der Waals surface area contributed by atoms with Gasteiger partial charge in [-0.2, -0.15) is 0 Å². The molecule has 6 rings (SSSR count). The Morgan fingerprint density at radius 2 is 0.480 bits per heavy atom. The summed E-state index contributed by atoms with van der Waals surface area (Å²) in [5.74, 6) is 2.97. The maximum atomic E-state index is 5.86. The van der Waals surface area contributed by atoms with Crippen LogP contribution in [0.2, 0.25) is 0 Å². The molecule has 0 aliphatic carbocycles. The third-order valence-electron chi connectivity index (χ3n) is 13.6. The second-order valence-corrected chi connectivity index (χ2v) is 20.4. The molecule has 0 saturated carbocycles. The van der Waals surface area contributed by atoms with Crippen LogP contribution in [0.5, 0.6) is 17.2 Å². The predicted molar refractivity (Wildman–Crippen MR) is 319 cm³/mol. The summed E-state index contributed by atoms with van der Waals surface area (Å²) in [5.41, 5.74) is 11.6. The van der Waals surface area contributed by atoms with Crippen LogP contribution in [0.4, 0.5) is 0 Å². The number of aryl methyl sites for hydroxylation is 9. The van der Waals surface area contributed by atoms with E-state index in [9.17, 15) is 0 Å². The highest BCUT2D eigenvalue weighted by atomic mass is 16.5. The molecule has 3 aromatic heterocycles. The van der Waals surface area contributed by atoms with Crippen LogP contribution in [0.3, 0.4) is 0 Å². The summed E-state index contributed by atoms with van der Waals surface area (Å²) in [4.78, 5) is 13.6. The van der Waals surface area contributed by atoms with Gasteiger partial charge in [0.05, 0.1) is 19.8 Å². The molecule has 6 heteroatoms. The van der Waals surface area contributed by atoms with Gasteiger partial charge in [0.1, 0.15) is 17.2 Å². The molecule has 3 heterocycles. The van der Waals surface area contributed by atoms with Crippen molar-refractivity contribution in [3.63, 3.8) is 0 Å². The average molecular weight is 1020 g/mol. The van der Waals surface area contributed by atoms with Gasteiger partial charge >= 0.3 is 0 Å². The molecule has 3 aromatic carbocycles. The van der Waals surface area contributed by atoms with Crippen LogP contribution in [0, 0.1) is 0 Å². The maximum absolute atomic E-state index is 5.86. The van der Waals surface area contributed by atoms with Gasteiger partial charge in [-0.1, -0.05) is 192 Å². The Morgan fingerprint density at radius 3 is 0.733 bits per heavy atom. The molecule has 0 spiro atoms. The van der Waals surface area contributed by atoms with Gasteiger partial charge in [-0.15, -0.1) is 0 Å². The number of hydrogen-bond donors (Lipinski definition) is 0. The summed E-state index contributed by atoms with van der Waals surface area (Å²) in [7, 11) is 0. The van der Waals surface area contributed by atoms with Crippen LogP contribution >= 0.6 is 0 Å². The van der Waals surface area contributed by atoms with E-state index in [0.717, 1.165) is 133 Å². The second-order valence-electron chi connectivity index (χ2n) is 20.4. The average Bonchev–Trinajstić information content (AvgIpc) is 3.45. The molecule has 0 amide bonds. The number of rotatable bonds is 36. The molecule has 6 nitrogen and oxygen atoms in total. The first kappa shape index (κ1) is 62.1. The highest BCUT2D eigenvalue weighted by Crippen LogP contribution is 2.19. The number of hydrogen-bond acceptors (Lipinski definition) is 6. The van der Waals surface area contributed by atoms with Crippen molar-refractivity contribution in [3.05, 3.63) is 178 Å². The lowest BCUT2D eigenvalue weighted by Gasteiger charge is -2.08. The van der Waals surface area contributed by atoms with Crippen molar-refractivity contribution in [1.82, 2.24) is 15.0 Å². The minimum atomic E-state index is 0.828. The Hall–Kier alpha value is -5.49. The van der Waals surface area contributed by atoms with Gasteiger partial charge in [0.2, 0.25) is 0 Å². The lowest BCUT2D eigenvalue weighted by atomic mass is 10.1. The van der Waals surface area contributed by atoms with Gasteiger partial charge in [-0.05, 0) is 165 Å². The summed E-state index contributed by atoms with van der Waals surface area (Å²) in [6.07, 6.45) is 38.2. The fourth-order valence-electron chi connectivity index (χ4n) is 8.83. The minimum absolute atomic E-state index is 0.828. The first-order valence-corrected chi connectivity index (χ1v) is 29.9. The molecule has 0 fully saturated rings. The molecule has 0 bridgehead atoms. The molecule has 0 aliphatic heterocycles. The van der Waals surface area contributed by atoms with E-state index in [1.54, 1.807) is 0 Å². The summed E-state index contributed by atoms with van der Waals surface area (Å²) in [5, 5.41) is 0. The van der Waals surface area contributed by atoms with E-state index in [0.29, 0.717) is 0 Å². The van der Waals surface area contributed by atoms with Gasteiger partial charge in [0.15, 0.2) is 0 Å². The van der Waals surface area contributed by atoms with E-state index < -0.39 is 0 Å². The maximum Gasteiger partial charge on any atom is 0.119 e. The summed E-state index contributed by atoms with van der Waals surface area (Å²) in [6.45, 7) is 15.8. The predicted octanol–water partition coefficient (Wildman–Crippen LogP) is 18.5.